The number of imide groups is 1. The van der Waals surface area contributed by atoms with Crippen LogP contribution in [-0.2, 0) is 19.1 Å². The van der Waals surface area contributed by atoms with Crippen molar-refractivity contribution < 1.29 is 33.4 Å². The number of aromatic carboxylic acids is 1. The largest absolute Gasteiger partial charge is 0.478 e. The fourth-order valence-corrected chi connectivity index (χ4v) is 4.17. The summed E-state index contributed by atoms with van der Waals surface area (Å²) < 4.78 is 19.5. The number of hydrogen-bond acceptors (Lipinski definition) is 5. The Morgan fingerprint density at radius 3 is 2.37 bits per heavy atom. The summed E-state index contributed by atoms with van der Waals surface area (Å²) in [5.41, 5.74) is -0.394. The lowest BCUT2D eigenvalue weighted by atomic mass is 9.81. The van der Waals surface area contributed by atoms with E-state index in [0.29, 0.717) is 0 Å². The van der Waals surface area contributed by atoms with Crippen LogP contribution in [0.25, 0.3) is 0 Å². The summed E-state index contributed by atoms with van der Waals surface area (Å²) in [6.45, 7) is -0.0786. The second-order valence-corrected chi connectivity index (χ2v) is 6.97. The first-order chi connectivity index (χ1) is 12.9. The third-order valence-electron chi connectivity index (χ3n) is 5.43. The van der Waals surface area contributed by atoms with Gasteiger partial charge in [0.25, 0.3) is 0 Å². The Morgan fingerprint density at radius 1 is 1.19 bits per heavy atom. The van der Waals surface area contributed by atoms with Crippen LogP contribution >= 0.6 is 0 Å². The van der Waals surface area contributed by atoms with E-state index in [-0.39, 0.29) is 48.2 Å². The van der Waals surface area contributed by atoms with Crippen LogP contribution in [0.15, 0.2) is 18.2 Å². The molecule has 0 spiro atoms. The van der Waals surface area contributed by atoms with E-state index in [9.17, 15) is 23.6 Å². The number of benzene rings is 1. The second kappa shape index (κ2) is 6.41. The molecule has 4 unspecified atom stereocenters. The van der Waals surface area contributed by atoms with Gasteiger partial charge in [0, 0.05) is 13.0 Å². The molecule has 4 atom stereocenters. The van der Waals surface area contributed by atoms with Gasteiger partial charge in [-0.05, 0) is 31.0 Å². The van der Waals surface area contributed by atoms with Crippen LogP contribution in [0.4, 0.5) is 10.1 Å². The molecular formula is C18H17FN2O6. The fourth-order valence-electron chi connectivity index (χ4n) is 4.17. The zero-order chi connectivity index (χ0) is 19.3. The zero-order valence-corrected chi connectivity index (χ0v) is 14.2. The zero-order valence-electron chi connectivity index (χ0n) is 14.2. The van der Waals surface area contributed by atoms with Gasteiger partial charge < -0.3 is 15.2 Å². The van der Waals surface area contributed by atoms with E-state index in [4.69, 9.17) is 9.84 Å². The average molecular weight is 376 g/mol. The summed E-state index contributed by atoms with van der Waals surface area (Å²) in [4.78, 5) is 49.0. The lowest BCUT2D eigenvalue weighted by Gasteiger charge is -2.17. The van der Waals surface area contributed by atoms with Crippen molar-refractivity contribution in [1.82, 2.24) is 4.90 Å². The van der Waals surface area contributed by atoms with Crippen LogP contribution in [-0.4, -0.2) is 52.4 Å². The van der Waals surface area contributed by atoms with Crippen LogP contribution in [0.5, 0.6) is 0 Å². The number of halogens is 1. The molecule has 9 heteroatoms. The highest BCUT2D eigenvalue weighted by Gasteiger charge is 2.62. The van der Waals surface area contributed by atoms with Gasteiger partial charge >= 0.3 is 5.97 Å². The van der Waals surface area contributed by atoms with E-state index in [1.807, 2.05) is 0 Å². The van der Waals surface area contributed by atoms with Gasteiger partial charge in [0.2, 0.25) is 17.7 Å². The number of carboxylic acids is 1. The third kappa shape index (κ3) is 2.87. The first-order valence-corrected chi connectivity index (χ1v) is 8.70. The minimum absolute atomic E-state index is 0.0786. The first-order valence-electron chi connectivity index (χ1n) is 8.70. The topological polar surface area (TPSA) is 113 Å². The summed E-state index contributed by atoms with van der Waals surface area (Å²) in [7, 11) is 0. The maximum Gasteiger partial charge on any atom is 0.335 e. The number of likely N-dealkylation sites (tertiary alicyclic amines) is 1. The highest BCUT2D eigenvalue weighted by molar-refractivity contribution is 6.06. The molecule has 4 rings (SSSR count). The summed E-state index contributed by atoms with van der Waals surface area (Å²) in [6.07, 6.45) is 0.942. The van der Waals surface area contributed by atoms with E-state index in [0.717, 1.165) is 29.9 Å². The van der Waals surface area contributed by atoms with E-state index >= 15 is 0 Å². The van der Waals surface area contributed by atoms with Crippen LogP contribution in [0.1, 0.15) is 29.6 Å². The van der Waals surface area contributed by atoms with Crippen molar-refractivity contribution in [3.05, 3.63) is 29.6 Å². The Kier molecular flexibility index (Phi) is 4.18. The molecule has 3 aliphatic rings. The quantitative estimate of drug-likeness (QED) is 0.742. The van der Waals surface area contributed by atoms with Crippen molar-refractivity contribution in [3.8, 4) is 0 Å². The number of amides is 3. The minimum atomic E-state index is -1.28. The lowest BCUT2D eigenvalue weighted by Crippen LogP contribution is -2.36. The van der Waals surface area contributed by atoms with Gasteiger partial charge in [0.15, 0.2) is 0 Å². The highest BCUT2D eigenvalue weighted by atomic mass is 19.1. The molecule has 2 N–H and O–H groups in total. The van der Waals surface area contributed by atoms with Crippen LogP contribution in [0.2, 0.25) is 0 Å². The van der Waals surface area contributed by atoms with Gasteiger partial charge in [-0.3, -0.25) is 19.3 Å². The molecule has 3 heterocycles. The number of carboxylic acid groups (broad SMARTS) is 1. The smallest absolute Gasteiger partial charge is 0.335 e. The Balaban J connectivity index is 1.37. The Hall–Kier alpha value is -2.81. The number of carbonyl (C=O) groups excluding carboxylic acids is 3. The molecule has 3 aliphatic heterocycles. The molecule has 0 aromatic heterocycles. The molecule has 0 aliphatic carbocycles. The molecule has 142 valence electrons. The summed E-state index contributed by atoms with van der Waals surface area (Å²) >= 11 is 0. The first kappa shape index (κ1) is 17.6. The third-order valence-corrected chi connectivity index (χ3v) is 5.43. The molecule has 1 aromatic carbocycles. The molecule has 8 nitrogen and oxygen atoms in total. The number of carbonyl (C=O) groups is 4. The predicted molar refractivity (Wildman–Crippen MR) is 88.2 cm³/mol. The Morgan fingerprint density at radius 2 is 1.81 bits per heavy atom. The van der Waals surface area contributed by atoms with Gasteiger partial charge in [-0.1, -0.05) is 0 Å². The van der Waals surface area contributed by atoms with E-state index in [1.54, 1.807) is 0 Å². The molecule has 1 aromatic rings. The number of nitrogens with one attached hydrogen (secondary N) is 1. The van der Waals surface area contributed by atoms with Crippen molar-refractivity contribution in [2.24, 2.45) is 11.8 Å². The Bertz CT molecular complexity index is 828. The number of nitrogens with zero attached hydrogens (tertiary/aromatic N) is 1. The number of hydrogen-bond donors (Lipinski definition) is 2. The van der Waals surface area contributed by atoms with Crippen molar-refractivity contribution in [2.75, 3.05) is 11.9 Å². The Labute approximate surface area is 153 Å². The maximum atomic E-state index is 13.9. The normalized spacial score (nSPS) is 28.6. The molecule has 0 saturated carbocycles. The van der Waals surface area contributed by atoms with Crippen LogP contribution < -0.4 is 5.32 Å². The predicted octanol–water partition coefficient (Wildman–Crippen LogP) is 1.01. The molecule has 3 fully saturated rings. The van der Waals surface area contributed by atoms with Crippen LogP contribution in [0.3, 0.4) is 0 Å². The van der Waals surface area contributed by atoms with Crippen molar-refractivity contribution in [2.45, 2.75) is 31.5 Å². The fraction of sp³-hybridized carbons (Fsp3) is 0.444. The molecule has 3 saturated heterocycles. The maximum absolute atomic E-state index is 13.9. The van der Waals surface area contributed by atoms with Crippen molar-refractivity contribution >= 4 is 29.4 Å². The number of fused-ring (bicyclic) bond motifs is 5. The summed E-state index contributed by atoms with van der Waals surface area (Å²) in [5, 5.41) is 11.1. The monoisotopic (exact) mass is 376 g/mol. The van der Waals surface area contributed by atoms with Gasteiger partial charge in [0.05, 0.1) is 35.3 Å². The van der Waals surface area contributed by atoms with E-state index in [1.165, 1.54) is 6.07 Å². The summed E-state index contributed by atoms with van der Waals surface area (Å²) in [5.74, 6) is -4.22. The number of rotatable bonds is 5. The van der Waals surface area contributed by atoms with E-state index in [2.05, 4.69) is 5.32 Å². The minimum Gasteiger partial charge on any atom is -0.478 e. The summed E-state index contributed by atoms with van der Waals surface area (Å²) in [6, 6.07) is 3.14. The van der Waals surface area contributed by atoms with Gasteiger partial charge in [-0.2, -0.15) is 0 Å². The van der Waals surface area contributed by atoms with Crippen molar-refractivity contribution in [3.63, 3.8) is 0 Å². The number of anilines is 1. The number of ether oxygens (including phenoxy) is 1. The van der Waals surface area contributed by atoms with Gasteiger partial charge in [-0.25, -0.2) is 9.18 Å². The molecule has 0 radical (unpaired) electrons. The molecule has 3 amide bonds. The van der Waals surface area contributed by atoms with Gasteiger partial charge in [-0.15, -0.1) is 0 Å². The molecular weight excluding hydrogens is 359 g/mol. The lowest BCUT2D eigenvalue weighted by molar-refractivity contribution is -0.142. The average Bonchev–Trinajstić information content (AvgIpc) is 3.29. The SMILES string of the molecule is O=C(CCN1C(=O)C2C3CCC(O3)C2C1=O)Nc1ccc(C(=O)O)cc1F. The second-order valence-electron chi connectivity index (χ2n) is 6.97. The molecule has 27 heavy (non-hydrogen) atoms. The van der Waals surface area contributed by atoms with Crippen LogP contribution in [0, 0.1) is 17.7 Å². The van der Waals surface area contributed by atoms with Crippen molar-refractivity contribution in [1.29, 1.82) is 0 Å². The highest BCUT2D eigenvalue weighted by Crippen LogP contribution is 2.48. The van der Waals surface area contributed by atoms with Gasteiger partial charge in [0.1, 0.15) is 5.82 Å². The molecule has 2 bridgehead atoms. The standard InChI is InChI=1S/C18H17FN2O6/c19-9-7-8(18(25)26)1-2-10(9)20-13(22)5-6-21-16(23)14-11-3-4-12(27-11)15(14)17(21)24/h1-2,7,11-12,14-15H,3-6H2,(H,20,22)(H,25,26). The van der Waals surface area contributed by atoms with E-state index < -0.39 is 29.5 Å².